The third-order valence-electron chi connectivity index (χ3n) is 5.99. The molecule has 180 valence electrons. The van der Waals surface area contributed by atoms with E-state index in [0.717, 1.165) is 12.6 Å². The predicted octanol–water partition coefficient (Wildman–Crippen LogP) is 1.46. The van der Waals surface area contributed by atoms with Gasteiger partial charge in [-0.05, 0) is 31.4 Å². The van der Waals surface area contributed by atoms with Crippen LogP contribution in [0.15, 0.2) is 41.2 Å². The quantitative estimate of drug-likeness (QED) is 0.286. The van der Waals surface area contributed by atoms with Gasteiger partial charge in [0.2, 0.25) is 0 Å². The van der Waals surface area contributed by atoms with Crippen molar-refractivity contribution in [3.8, 4) is 0 Å². The molecule has 11 heteroatoms. The summed E-state index contributed by atoms with van der Waals surface area (Å²) in [6, 6.07) is 6.44. The molecule has 2 aliphatic heterocycles. The Morgan fingerprint density at radius 3 is 2.68 bits per heavy atom. The number of nitrogens with one attached hydrogen (secondary N) is 2. The molecule has 0 bridgehead atoms. The second-order valence-electron chi connectivity index (χ2n) is 8.23. The molecule has 1 saturated heterocycles. The molecule has 1 aliphatic carbocycles. The van der Waals surface area contributed by atoms with Crippen LogP contribution in [-0.4, -0.2) is 72.4 Å². The molecule has 2 fully saturated rings. The van der Waals surface area contributed by atoms with Gasteiger partial charge < -0.3 is 19.7 Å². The Bertz CT molecular complexity index is 1040. The number of fused-ring (bicyclic) bond motifs is 1. The molecule has 0 aromatic heterocycles. The van der Waals surface area contributed by atoms with Gasteiger partial charge in [-0.3, -0.25) is 19.2 Å². The summed E-state index contributed by atoms with van der Waals surface area (Å²) in [6.45, 7) is 1.78. The number of hydrazone groups is 1. The van der Waals surface area contributed by atoms with Crippen LogP contribution in [0, 0.1) is 5.92 Å². The van der Waals surface area contributed by atoms with Gasteiger partial charge in [-0.1, -0.05) is 12.1 Å². The highest BCUT2D eigenvalue weighted by molar-refractivity contribution is 6.40. The summed E-state index contributed by atoms with van der Waals surface area (Å²) in [5, 5.41) is 6.09. The standard InChI is InChI=1S/C23H25ClN4O6/c24-15-5-6-19-17(11-15)20(29)14(13-34-19)12-25-27-22(31)21(30)26-18-4-2-1-3-16(18)23(32)28-7-9-33-10-8-28/h1-4,12-13,15,17,19H,5-11H2,(H,26,30)(H,27,31)/b25-12+. The molecule has 10 nitrogen and oxygen atoms in total. The molecule has 1 saturated carbocycles. The number of benzene rings is 1. The highest BCUT2D eigenvalue weighted by Crippen LogP contribution is 2.34. The average molecular weight is 489 g/mol. The van der Waals surface area contributed by atoms with E-state index in [1.165, 1.54) is 12.3 Å². The summed E-state index contributed by atoms with van der Waals surface area (Å²) in [6.07, 6.45) is 4.30. The lowest BCUT2D eigenvalue weighted by atomic mass is 9.80. The number of carbonyl (C=O) groups excluding carboxylic acids is 4. The number of ether oxygens (including phenoxy) is 2. The van der Waals surface area contributed by atoms with Crippen molar-refractivity contribution in [2.75, 3.05) is 31.6 Å². The number of allylic oxidation sites excluding steroid dienone is 1. The molecule has 4 rings (SSSR count). The molecule has 1 aromatic carbocycles. The van der Waals surface area contributed by atoms with Crippen LogP contribution < -0.4 is 10.7 Å². The van der Waals surface area contributed by atoms with Crippen molar-refractivity contribution in [3.05, 3.63) is 41.7 Å². The first-order chi connectivity index (χ1) is 16.4. The molecule has 2 heterocycles. The van der Waals surface area contributed by atoms with Crippen LogP contribution in [0.3, 0.4) is 0 Å². The minimum atomic E-state index is -1.05. The lowest BCUT2D eigenvalue weighted by Gasteiger charge is -2.35. The fourth-order valence-electron chi connectivity index (χ4n) is 4.16. The van der Waals surface area contributed by atoms with E-state index in [9.17, 15) is 19.2 Å². The van der Waals surface area contributed by atoms with Crippen LogP contribution in [0.5, 0.6) is 0 Å². The number of rotatable bonds is 4. The normalized spacial score (nSPS) is 24.6. The topological polar surface area (TPSA) is 126 Å². The molecular formula is C23H25ClN4O6. The molecule has 0 spiro atoms. The Labute approximate surface area is 201 Å². The Kier molecular flexibility index (Phi) is 7.59. The Hall–Kier alpha value is -3.24. The van der Waals surface area contributed by atoms with Crippen LogP contribution in [0.2, 0.25) is 0 Å². The van der Waals surface area contributed by atoms with E-state index in [1.807, 2.05) is 0 Å². The monoisotopic (exact) mass is 488 g/mol. The van der Waals surface area contributed by atoms with Crippen molar-refractivity contribution in [2.45, 2.75) is 30.7 Å². The van der Waals surface area contributed by atoms with Gasteiger partial charge in [-0.2, -0.15) is 5.10 Å². The van der Waals surface area contributed by atoms with Gasteiger partial charge in [-0.15, -0.1) is 11.6 Å². The number of amides is 3. The van der Waals surface area contributed by atoms with Crippen LogP contribution in [-0.2, 0) is 23.9 Å². The minimum Gasteiger partial charge on any atom is -0.496 e. The molecule has 3 atom stereocenters. The van der Waals surface area contributed by atoms with E-state index in [1.54, 1.807) is 23.1 Å². The first kappa shape index (κ1) is 23.9. The van der Waals surface area contributed by atoms with E-state index in [-0.39, 0.29) is 45.9 Å². The molecule has 3 aliphatic rings. The lowest BCUT2D eigenvalue weighted by Crippen LogP contribution is -2.41. The molecular weight excluding hydrogens is 464 g/mol. The maximum atomic E-state index is 12.8. The molecule has 3 amide bonds. The molecule has 3 unspecified atom stereocenters. The zero-order chi connectivity index (χ0) is 24.1. The second kappa shape index (κ2) is 10.8. The minimum absolute atomic E-state index is 0.0773. The number of carbonyl (C=O) groups is 4. The lowest BCUT2D eigenvalue weighted by molar-refractivity contribution is -0.136. The number of hydrogen-bond donors (Lipinski definition) is 2. The van der Waals surface area contributed by atoms with E-state index in [0.29, 0.717) is 39.1 Å². The number of halogens is 1. The second-order valence-corrected chi connectivity index (χ2v) is 8.85. The van der Waals surface area contributed by atoms with Crippen molar-refractivity contribution in [2.24, 2.45) is 11.0 Å². The first-order valence-electron chi connectivity index (χ1n) is 11.1. The number of Topliss-reactive ketones (excluding diaryl/α,β-unsaturated/α-hetero) is 1. The zero-order valence-corrected chi connectivity index (χ0v) is 19.1. The summed E-state index contributed by atoms with van der Waals surface area (Å²) in [7, 11) is 0. The Balaban J connectivity index is 1.35. The van der Waals surface area contributed by atoms with Crippen molar-refractivity contribution < 1.29 is 28.7 Å². The maximum absolute atomic E-state index is 12.8. The van der Waals surface area contributed by atoms with Crippen molar-refractivity contribution >= 4 is 47.0 Å². The Morgan fingerprint density at radius 1 is 1.12 bits per heavy atom. The summed E-state index contributed by atoms with van der Waals surface area (Å²) in [5.41, 5.74) is 2.76. The fourth-order valence-corrected chi connectivity index (χ4v) is 4.48. The maximum Gasteiger partial charge on any atom is 0.329 e. The molecule has 1 aromatic rings. The summed E-state index contributed by atoms with van der Waals surface area (Å²) < 4.78 is 10.9. The Morgan fingerprint density at radius 2 is 1.88 bits per heavy atom. The van der Waals surface area contributed by atoms with E-state index < -0.39 is 11.8 Å². The summed E-state index contributed by atoms with van der Waals surface area (Å²) >= 11 is 6.18. The SMILES string of the molecule is O=C(N/N=C/C1=COC2CCC(Cl)CC2C1=O)C(=O)Nc1ccccc1C(=O)N1CCOCC1. The number of para-hydroxylation sites is 1. The van der Waals surface area contributed by atoms with Crippen molar-refractivity contribution in [3.63, 3.8) is 0 Å². The highest BCUT2D eigenvalue weighted by atomic mass is 35.5. The van der Waals surface area contributed by atoms with Crippen LogP contribution in [0.1, 0.15) is 29.6 Å². The largest absolute Gasteiger partial charge is 0.496 e. The number of nitrogens with zero attached hydrogens (tertiary/aromatic N) is 2. The van der Waals surface area contributed by atoms with Crippen molar-refractivity contribution in [1.29, 1.82) is 0 Å². The van der Waals surface area contributed by atoms with Gasteiger partial charge >= 0.3 is 11.8 Å². The summed E-state index contributed by atoms with van der Waals surface area (Å²) in [5.74, 6) is -2.81. The van der Waals surface area contributed by atoms with Crippen LogP contribution in [0.4, 0.5) is 5.69 Å². The van der Waals surface area contributed by atoms with Gasteiger partial charge in [0.15, 0.2) is 5.78 Å². The number of anilines is 1. The first-order valence-corrected chi connectivity index (χ1v) is 11.5. The summed E-state index contributed by atoms with van der Waals surface area (Å²) in [4.78, 5) is 51.7. The highest BCUT2D eigenvalue weighted by Gasteiger charge is 2.39. The third kappa shape index (κ3) is 5.45. The molecule has 0 radical (unpaired) electrons. The van der Waals surface area contributed by atoms with Gasteiger partial charge in [0.05, 0.1) is 48.4 Å². The number of ketones is 1. The van der Waals surface area contributed by atoms with Gasteiger partial charge in [0.25, 0.3) is 5.91 Å². The third-order valence-corrected chi connectivity index (χ3v) is 6.39. The zero-order valence-electron chi connectivity index (χ0n) is 18.4. The van der Waals surface area contributed by atoms with Crippen LogP contribution >= 0.6 is 11.6 Å². The smallest absolute Gasteiger partial charge is 0.329 e. The van der Waals surface area contributed by atoms with E-state index in [2.05, 4.69) is 15.8 Å². The molecule has 2 N–H and O–H groups in total. The van der Waals surface area contributed by atoms with Gasteiger partial charge in [0.1, 0.15) is 6.10 Å². The van der Waals surface area contributed by atoms with E-state index in [4.69, 9.17) is 21.1 Å². The fraction of sp³-hybridized carbons (Fsp3) is 0.435. The predicted molar refractivity (Wildman–Crippen MR) is 123 cm³/mol. The molecule has 34 heavy (non-hydrogen) atoms. The number of alkyl halides is 1. The van der Waals surface area contributed by atoms with Gasteiger partial charge in [-0.25, -0.2) is 5.43 Å². The van der Waals surface area contributed by atoms with Crippen molar-refractivity contribution in [1.82, 2.24) is 10.3 Å². The van der Waals surface area contributed by atoms with E-state index >= 15 is 0 Å². The number of morpholine rings is 1. The van der Waals surface area contributed by atoms with Crippen LogP contribution in [0.25, 0.3) is 0 Å². The number of hydrogen-bond acceptors (Lipinski definition) is 7. The average Bonchev–Trinajstić information content (AvgIpc) is 2.86. The van der Waals surface area contributed by atoms with Gasteiger partial charge in [0, 0.05) is 18.5 Å².